The fourth-order valence-corrected chi connectivity index (χ4v) is 5.81. The fraction of sp³-hybridized carbons (Fsp3) is 0.200. The molecule has 0 saturated carbocycles. The van der Waals surface area contributed by atoms with Crippen molar-refractivity contribution >= 4 is 29.3 Å². The molecule has 0 radical (unpaired) electrons. The summed E-state index contributed by atoms with van der Waals surface area (Å²) in [5.41, 5.74) is 4.25. The van der Waals surface area contributed by atoms with Gasteiger partial charge in [-0.15, -0.1) is 11.8 Å². The van der Waals surface area contributed by atoms with Crippen LogP contribution >= 0.6 is 11.8 Å². The van der Waals surface area contributed by atoms with Gasteiger partial charge in [-0.1, -0.05) is 48.0 Å². The van der Waals surface area contributed by atoms with Gasteiger partial charge in [-0.25, -0.2) is 4.39 Å². The number of carbonyl (C=O) groups is 2. The number of rotatable bonds is 3. The Morgan fingerprint density at radius 1 is 1.03 bits per heavy atom. The molecular weight excluding hydrogens is 411 g/mol. The molecule has 2 heterocycles. The van der Waals surface area contributed by atoms with Crippen molar-refractivity contribution in [1.82, 2.24) is 4.90 Å². The lowest BCUT2D eigenvalue weighted by molar-refractivity contribution is -0.123. The molecule has 2 amide bonds. The number of fused-ring (bicyclic) bond motifs is 2. The lowest BCUT2D eigenvalue weighted by Gasteiger charge is -2.33. The van der Waals surface area contributed by atoms with Crippen molar-refractivity contribution in [3.8, 4) is 0 Å². The highest BCUT2D eigenvalue weighted by Crippen LogP contribution is 2.54. The standard InChI is InChI=1S/C25H21FN2O2S/c1-17-6-8-18(9-7-17)16-27-22-5-3-2-4-21(22)25(24(27)30)28(14-15-31-25)23(29)19-10-12-20(26)13-11-19/h2-13H,14-16H2,1H3. The van der Waals surface area contributed by atoms with E-state index in [4.69, 9.17) is 0 Å². The first-order chi connectivity index (χ1) is 15.0. The summed E-state index contributed by atoms with van der Waals surface area (Å²) < 4.78 is 13.4. The molecule has 156 valence electrons. The highest BCUT2D eigenvalue weighted by atomic mass is 32.2. The SMILES string of the molecule is Cc1ccc(CN2C(=O)C3(SCCN3C(=O)c3ccc(F)cc3)c3ccccc32)cc1. The smallest absolute Gasteiger partial charge is 0.268 e. The van der Waals surface area contributed by atoms with E-state index in [1.165, 1.54) is 36.0 Å². The Morgan fingerprint density at radius 3 is 2.48 bits per heavy atom. The first kappa shape index (κ1) is 19.8. The van der Waals surface area contributed by atoms with Gasteiger partial charge in [-0.3, -0.25) is 9.59 Å². The Hall–Kier alpha value is -3.12. The molecule has 0 bridgehead atoms. The Morgan fingerprint density at radius 2 is 1.74 bits per heavy atom. The van der Waals surface area contributed by atoms with E-state index in [0.717, 1.165) is 22.4 Å². The largest absolute Gasteiger partial charge is 0.311 e. The molecule has 2 aliphatic rings. The van der Waals surface area contributed by atoms with E-state index in [1.807, 2.05) is 55.5 Å². The van der Waals surface area contributed by atoms with Crippen molar-refractivity contribution in [2.24, 2.45) is 0 Å². The Kier molecular flexibility index (Phi) is 4.82. The topological polar surface area (TPSA) is 40.6 Å². The van der Waals surface area contributed by atoms with E-state index in [1.54, 1.807) is 9.80 Å². The van der Waals surface area contributed by atoms with Gasteiger partial charge in [0.25, 0.3) is 11.8 Å². The van der Waals surface area contributed by atoms with Crippen LogP contribution in [0.1, 0.15) is 27.0 Å². The van der Waals surface area contributed by atoms with E-state index in [9.17, 15) is 14.0 Å². The first-order valence-corrected chi connectivity index (χ1v) is 11.2. The number of halogens is 1. The fourth-order valence-electron chi connectivity index (χ4n) is 4.35. The lowest BCUT2D eigenvalue weighted by Crippen LogP contribution is -2.50. The second-order valence-electron chi connectivity index (χ2n) is 7.85. The van der Waals surface area contributed by atoms with Crippen LogP contribution in [0.25, 0.3) is 0 Å². The number of aryl methyl sites for hydroxylation is 1. The normalized spacial score (nSPS) is 19.9. The molecule has 0 aromatic heterocycles. The van der Waals surface area contributed by atoms with E-state index in [2.05, 4.69) is 0 Å². The Balaban J connectivity index is 1.56. The molecule has 4 nitrogen and oxygen atoms in total. The number of hydrogen-bond acceptors (Lipinski definition) is 3. The lowest BCUT2D eigenvalue weighted by atomic mass is 10.0. The van der Waals surface area contributed by atoms with Crippen molar-refractivity contribution < 1.29 is 14.0 Å². The van der Waals surface area contributed by atoms with Gasteiger partial charge in [0.1, 0.15) is 5.82 Å². The minimum absolute atomic E-state index is 0.104. The summed E-state index contributed by atoms with van der Waals surface area (Å²) in [6.45, 7) is 2.93. The van der Waals surface area contributed by atoms with Gasteiger partial charge in [-0.05, 0) is 42.8 Å². The van der Waals surface area contributed by atoms with Crippen molar-refractivity contribution in [3.05, 3.63) is 101 Å². The maximum Gasteiger partial charge on any atom is 0.268 e. The molecule has 0 aliphatic carbocycles. The van der Waals surface area contributed by atoms with E-state index < -0.39 is 10.7 Å². The quantitative estimate of drug-likeness (QED) is 0.601. The molecule has 6 heteroatoms. The van der Waals surface area contributed by atoms with Gasteiger partial charge in [-0.2, -0.15) is 0 Å². The van der Waals surface area contributed by atoms with Gasteiger partial charge in [0.15, 0.2) is 4.87 Å². The van der Waals surface area contributed by atoms with E-state index in [-0.39, 0.29) is 11.8 Å². The van der Waals surface area contributed by atoms with Crippen molar-refractivity contribution in [3.63, 3.8) is 0 Å². The number of nitrogens with zero attached hydrogens (tertiary/aromatic N) is 2. The molecule has 1 unspecified atom stereocenters. The van der Waals surface area contributed by atoms with Crippen LogP contribution < -0.4 is 4.90 Å². The number of anilines is 1. The number of para-hydroxylation sites is 1. The number of benzene rings is 3. The number of carbonyl (C=O) groups excluding carboxylic acids is 2. The molecule has 3 aromatic rings. The summed E-state index contributed by atoms with van der Waals surface area (Å²) in [6.07, 6.45) is 0. The van der Waals surface area contributed by atoms with E-state index in [0.29, 0.717) is 24.4 Å². The second-order valence-corrected chi connectivity index (χ2v) is 9.14. The predicted octanol–water partition coefficient (Wildman–Crippen LogP) is 4.72. The van der Waals surface area contributed by atoms with Crippen LogP contribution in [0.5, 0.6) is 0 Å². The molecule has 3 aromatic carbocycles. The number of amides is 2. The summed E-state index contributed by atoms with van der Waals surface area (Å²) in [7, 11) is 0. The minimum atomic E-state index is -1.09. The van der Waals surface area contributed by atoms with Crippen LogP contribution in [0.15, 0.2) is 72.8 Å². The summed E-state index contributed by atoms with van der Waals surface area (Å²) in [6, 6.07) is 21.3. The van der Waals surface area contributed by atoms with Crippen LogP contribution in [0.4, 0.5) is 10.1 Å². The molecule has 31 heavy (non-hydrogen) atoms. The first-order valence-electron chi connectivity index (χ1n) is 10.2. The molecular formula is C25H21FN2O2S. The second kappa shape index (κ2) is 7.54. The zero-order valence-corrected chi connectivity index (χ0v) is 17.9. The third-order valence-electron chi connectivity index (χ3n) is 5.90. The van der Waals surface area contributed by atoms with E-state index >= 15 is 0 Å². The van der Waals surface area contributed by atoms with Gasteiger partial charge in [0, 0.05) is 23.4 Å². The summed E-state index contributed by atoms with van der Waals surface area (Å²) in [4.78, 5) is 29.7. The minimum Gasteiger partial charge on any atom is -0.311 e. The van der Waals surface area contributed by atoms with Gasteiger partial charge < -0.3 is 9.80 Å². The predicted molar refractivity (Wildman–Crippen MR) is 120 cm³/mol. The van der Waals surface area contributed by atoms with Crippen LogP contribution in [0.2, 0.25) is 0 Å². The summed E-state index contributed by atoms with van der Waals surface area (Å²) >= 11 is 1.49. The average molecular weight is 433 g/mol. The Labute approximate surface area is 184 Å². The van der Waals surface area contributed by atoms with Crippen LogP contribution in [0, 0.1) is 12.7 Å². The zero-order chi connectivity index (χ0) is 21.6. The molecule has 1 spiro atoms. The van der Waals surface area contributed by atoms with Gasteiger partial charge in [0.05, 0.1) is 12.2 Å². The highest BCUT2D eigenvalue weighted by molar-refractivity contribution is 8.01. The monoisotopic (exact) mass is 432 g/mol. The zero-order valence-electron chi connectivity index (χ0n) is 17.0. The maximum absolute atomic E-state index is 13.9. The average Bonchev–Trinajstić information content (AvgIpc) is 3.33. The molecule has 1 fully saturated rings. The molecule has 1 atom stereocenters. The number of hydrogen-bond donors (Lipinski definition) is 0. The van der Waals surface area contributed by atoms with Crippen molar-refractivity contribution in [2.75, 3.05) is 17.2 Å². The number of thioether (sulfide) groups is 1. The van der Waals surface area contributed by atoms with Crippen molar-refractivity contribution in [1.29, 1.82) is 0 Å². The van der Waals surface area contributed by atoms with Crippen LogP contribution in [-0.2, 0) is 16.2 Å². The molecule has 0 N–H and O–H groups in total. The molecule has 5 rings (SSSR count). The maximum atomic E-state index is 13.9. The van der Waals surface area contributed by atoms with Gasteiger partial charge in [0.2, 0.25) is 0 Å². The van der Waals surface area contributed by atoms with Gasteiger partial charge >= 0.3 is 0 Å². The summed E-state index contributed by atoms with van der Waals surface area (Å²) in [5.74, 6) is -0.100. The van der Waals surface area contributed by atoms with Crippen LogP contribution in [0.3, 0.4) is 0 Å². The van der Waals surface area contributed by atoms with Crippen LogP contribution in [-0.4, -0.2) is 29.0 Å². The third-order valence-corrected chi connectivity index (χ3v) is 7.32. The van der Waals surface area contributed by atoms with Crippen molar-refractivity contribution in [2.45, 2.75) is 18.3 Å². The highest BCUT2D eigenvalue weighted by Gasteiger charge is 2.59. The molecule has 2 aliphatic heterocycles. The summed E-state index contributed by atoms with van der Waals surface area (Å²) in [5, 5.41) is 0. The molecule has 1 saturated heterocycles. The third kappa shape index (κ3) is 3.13. The Bertz CT molecular complexity index is 1160.